The van der Waals surface area contributed by atoms with Gasteiger partial charge in [-0.05, 0) is 34.7 Å². The Bertz CT molecular complexity index is 401. The fraction of sp³-hybridized carbons (Fsp3) is 0.636. The van der Waals surface area contributed by atoms with Gasteiger partial charge in [0.15, 0.2) is 0 Å². The van der Waals surface area contributed by atoms with Crippen LogP contribution in [0.1, 0.15) is 12.8 Å². The minimum Gasteiger partial charge on any atom is -0.393 e. The molecule has 2 heterocycles. The van der Waals surface area contributed by atoms with Crippen LogP contribution in [-0.2, 0) is 0 Å². The third-order valence-electron chi connectivity index (χ3n) is 3.77. The maximum absolute atomic E-state index is 9.86. The monoisotopic (exact) mass is 283 g/mol. The van der Waals surface area contributed by atoms with Crippen LogP contribution in [-0.4, -0.2) is 34.3 Å². The number of anilines is 1. The van der Waals surface area contributed by atoms with Crippen LogP contribution in [0.4, 0.5) is 5.82 Å². The maximum atomic E-state index is 9.86. The van der Waals surface area contributed by atoms with E-state index in [2.05, 4.69) is 30.8 Å². The number of aromatic nitrogens is 2. The molecule has 1 aromatic rings. The molecule has 4 nitrogen and oxygen atoms in total. The van der Waals surface area contributed by atoms with Gasteiger partial charge in [-0.15, -0.1) is 0 Å². The molecule has 0 bridgehead atoms. The Morgan fingerprint density at radius 2 is 2.25 bits per heavy atom. The highest BCUT2D eigenvalue weighted by Gasteiger charge is 2.42. The number of rotatable bonds is 1. The first-order chi connectivity index (χ1) is 7.75. The summed E-state index contributed by atoms with van der Waals surface area (Å²) in [6.07, 6.45) is 5.34. The molecule has 0 aromatic carbocycles. The smallest absolute Gasteiger partial charge is 0.146 e. The molecule has 0 spiro atoms. The minimum absolute atomic E-state index is 0.115. The number of hydrogen-bond donors (Lipinski definition) is 1. The Kier molecular flexibility index (Phi) is 2.59. The van der Waals surface area contributed by atoms with E-state index in [1.54, 1.807) is 12.5 Å². The third-order valence-corrected chi connectivity index (χ3v) is 4.33. The SMILES string of the molecule is OC1CCC2CN(c3ncncc3Br)CC12. The third kappa shape index (κ3) is 1.62. The molecule has 1 saturated heterocycles. The van der Waals surface area contributed by atoms with Gasteiger partial charge in [0.05, 0.1) is 10.6 Å². The van der Waals surface area contributed by atoms with E-state index in [-0.39, 0.29) is 6.10 Å². The van der Waals surface area contributed by atoms with Crippen LogP contribution in [0.2, 0.25) is 0 Å². The fourth-order valence-electron chi connectivity index (χ4n) is 2.95. The van der Waals surface area contributed by atoms with Crippen LogP contribution in [0, 0.1) is 11.8 Å². The highest BCUT2D eigenvalue weighted by Crippen LogP contribution is 2.40. The molecule has 86 valence electrons. The molecule has 3 atom stereocenters. The van der Waals surface area contributed by atoms with Crippen molar-refractivity contribution in [3.8, 4) is 0 Å². The number of halogens is 1. The van der Waals surface area contributed by atoms with Gasteiger partial charge in [-0.2, -0.15) is 0 Å². The van der Waals surface area contributed by atoms with E-state index in [0.717, 1.165) is 36.2 Å². The Morgan fingerprint density at radius 1 is 1.38 bits per heavy atom. The first-order valence-corrected chi connectivity index (χ1v) is 6.43. The van der Waals surface area contributed by atoms with E-state index in [1.165, 1.54) is 0 Å². The van der Waals surface area contributed by atoms with Gasteiger partial charge in [0.2, 0.25) is 0 Å². The summed E-state index contributed by atoms with van der Waals surface area (Å²) < 4.78 is 0.935. The first kappa shape index (κ1) is 10.5. The molecule has 2 aliphatic rings. The normalized spacial score (nSPS) is 33.1. The summed E-state index contributed by atoms with van der Waals surface area (Å²) in [6, 6.07) is 0. The predicted octanol–water partition coefficient (Wildman–Crippen LogP) is 1.45. The van der Waals surface area contributed by atoms with E-state index >= 15 is 0 Å². The molecule has 3 rings (SSSR count). The van der Waals surface area contributed by atoms with Crippen molar-refractivity contribution < 1.29 is 5.11 Å². The number of fused-ring (bicyclic) bond motifs is 1. The van der Waals surface area contributed by atoms with Gasteiger partial charge in [0, 0.05) is 25.2 Å². The molecule has 1 aromatic heterocycles. The number of nitrogens with zero attached hydrogens (tertiary/aromatic N) is 3. The van der Waals surface area contributed by atoms with Crippen molar-refractivity contribution in [3.05, 3.63) is 17.0 Å². The van der Waals surface area contributed by atoms with Crippen molar-refractivity contribution in [1.82, 2.24) is 9.97 Å². The van der Waals surface area contributed by atoms with E-state index in [4.69, 9.17) is 0 Å². The predicted molar refractivity (Wildman–Crippen MR) is 64.2 cm³/mol. The van der Waals surface area contributed by atoms with Crippen LogP contribution >= 0.6 is 15.9 Å². The van der Waals surface area contributed by atoms with E-state index in [0.29, 0.717) is 11.8 Å². The second-order valence-electron chi connectivity index (χ2n) is 4.67. The minimum atomic E-state index is -0.115. The topological polar surface area (TPSA) is 49.2 Å². The van der Waals surface area contributed by atoms with Crippen molar-refractivity contribution in [2.45, 2.75) is 18.9 Å². The molecule has 1 aliphatic heterocycles. The molecule has 5 heteroatoms. The Hall–Kier alpha value is -0.680. The molecule has 16 heavy (non-hydrogen) atoms. The maximum Gasteiger partial charge on any atom is 0.146 e. The van der Waals surface area contributed by atoms with Crippen molar-refractivity contribution in [2.24, 2.45) is 11.8 Å². The van der Waals surface area contributed by atoms with Gasteiger partial charge in [0.25, 0.3) is 0 Å². The number of hydrogen-bond acceptors (Lipinski definition) is 4. The van der Waals surface area contributed by atoms with Crippen LogP contribution in [0.5, 0.6) is 0 Å². The molecule has 1 aliphatic carbocycles. The van der Waals surface area contributed by atoms with Gasteiger partial charge >= 0.3 is 0 Å². The van der Waals surface area contributed by atoms with Gasteiger partial charge in [-0.25, -0.2) is 9.97 Å². The summed E-state index contributed by atoms with van der Waals surface area (Å²) >= 11 is 3.47. The summed E-state index contributed by atoms with van der Waals surface area (Å²) in [7, 11) is 0. The highest BCUT2D eigenvalue weighted by atomic mass is 79.9. The fourth-order valence-corrected chi connectivity index (χ4v) is 3.42. The van der Waals surface area contributed by atoms with E-state index < -0.39 is 0 Å². The highest BCUT2D eigenvalue weighted by molar-refractivity contribution is 9.10. The standard InChI is InChI=1S/C11H14BrN3O/c12-9-3-13-6-14-11(9)15-4-7-1-2-10(16)8(7)5-15/h3,6-8,10,16H,1-2,4-5H2. The molecule has 2 fully saturated rings. The van der Waals surface area contributed by atoms with Crippen LogP contribution in [0.15, 0.2) is 17.0 Å². The second kappa shape index (κ2) is 3.96. The number of aliphatic hydroxyl groups is 1. The van der Waals surface area contributed by atoms with Crippen molar-refractivity contribution >= 4 is 21.7 Å². The molecule has 0 amide bonds. The summed E-state index contributed by atoms with van der Waals surface area (Å²) in [5.74, 6) is 2.02. The van der Waals surface area contributed by atoms with Gasteiger partial charge in [-0.1, -0.05) is 0 Å². The lowest BCUT2D eigenvalue weighted by Crippen LogP contribution is -2.25. The zero-order valence-electron chi connectivity index (χ0n) is 8.88. The first-order valence-electron chi connectivity index (χ1n) is 5.64. The summed E-state index contributed by atoms with van der Waals surface area (Å²) in [5.41, 5.74) is 0. The molecular formula is C11H14BrN3O. The quantitative estimate of drug-likeness (QED) is 0.848. The van der Waals surface area contributed by atoms with Crippen LogP contribution < -0.4 is 4.90 Å². The molecule has 0 radical (unpaired) electrons. The van der Waals surface area contributed by atoms with Crippen LogP contribution in [0.3, 0.4) is 0 Å². The summed E-state index contributed by atoms with van der Waals surface area (Å²) in [6.45, 7) is 1.93. The molecule has 1 N–H and O–H groups in total. The summed E-state index contributed by atoms with van der Waals surface area (Å²) in [4.78, 5) is 10.5. The Morgan fingerprint density at radius 3 is 3.00 bits per heavy atom. The van der Waals surface area contributed by atoms with E-state index in [9.17, 15) is 5.11 Å². The van der Waals surface area contributed by atoms with Crippen molar-refractivity contribution in [3.63, 3.8) is 0 Å². The van der Waals surface area contributed by atoms with Gasteiger partial charge < -0.3 is 10.0 Å². The largest absolute Gasteiger partial charge is 0.393 e. The number of aliphatic hydroxyl groups excluding tert-OH is 1. The summed E-state index contributed by atoms with van der Waals surface area (Å²) in [5, 5.41) is 9.86. The van der Waals surface area contributed by atoms with E-state index in [1.807, 2.05) is 0 Å². The Labute approximate surface area is 103 Å². The van der Waals surface area contributed by atoms with Gasteiger partial charge in [-0.3, -0.25) is 0 Å². The van der Waals surface area contributed by atoms with Crippen molar-refractivity contribution in [2.75, 3.05) is 18.0 Å². The molecular weight excluding hydrogens is 270 g/mol. The average molecular weight is 284 g/mol. The average Bonchev–Trinajstić information content (AvgIpc) is 2.82. The second-order valence-corrected chi connectivity index (χ2v) is 5.52. The lowest BCUT2D eigenvalue weighted by Gasteiger charge is -2.20. The zero-order valence-corrected chi connectivity index (χ0v) is 10.5. The zero-order chi connectivity index (χ0) is 11.1. The molecule has 3 unspecified atom stereocenters. The lowest BCUT2D eigenvalue weighted by molar-refractivity contribution is 0.133. The Balaban J connectivity index is 1.82. The molecule has 1 saturated carbocycles. The van der Waals surface area contributed by atoms with Crippen LogP contribution in [0.25, 0.3) is 0 Å². The van der Waals surface area contributed by atoms with Crippen molar-refractivity contribution in [1.29, 1.82) is 0 Å². The lowest BCUT2D eigenvalue weighted by atomic mass is 10.00. The van der Waals surface area contributed by atoms with Gasteiger partial charge in [0.1, 0.15) is 12.1 Å².